The Morgan fingerprint density at radius 1 is 1.00 bits per heavy atom. The Kier molecular flexibility index (Phi) is 4.48. The molecule has 0 aromatic heterocycles. The number of hydrogen-bond acceptors (Lipinski definition) is 2. The van der Waals surface area contributed by atoms with Gasteiger partial charge in [0.05, 0.1) is 12.2 Å². The highest BCUT2D eigenvalue weighted by Gasteiger charge is 2.45. The van der Waals surface area contributed by atoms with Crippen LogP contribution >= 0.6 is 0 Å². The molecule has 1 aliphatic carbocycles. The van der Waals surface area contributed by atoms with E-state index in [1.165, 1.54) is 32.1 Å². The Balaban J connectivity index is 1.77. The zero-order valence-corrected chi connectivity index (χ0v) is 12.0. The van der Waals surface area contributed by atoms with Crippen molar-refractivity contribution in [3.63, 3.8) is 0 Å². The predicted octanol–water partition coefficient (Wildman–Crippen LogP) is 3.45. The maximum atomic E-state index is 5.95. The Bertz CT molecular complexity index is 225. The van der Waals surface area contributed by atoms with Crippen LogP contribution in [-0.2, 0) is 4.74 Å². The molecule has 0 radical (unpaired) electrons. The van der Waals surface area contributed by atoms with Gasteiger partial charge in [-0.1, -0.05) is 19.3 Å². The van der Waals surface area contributed by atoms with Crippen molar-refractivity contribution < 1.29 is 4.74 Å². The van der Waals surface area contributed by atoms with Crippen molar-refractivity contribution in [2.75, 3.05) is 6.54 Å². The normalized spacial score (nSPS) is 30.5. The molecule has 2 heteroatoms. The lowest BCUT2D eigenvalue weighted by Gasteiger charge is -2.30. The first kappa shape index (κ1) is 13.4. The molecule has 1 saturated heterocycles. The molecule has 0 spiro atoms. The van der Waals surface area contributed by atoms with Gasteiger partial charge < -0.3 is 4.74 Å². The Morgan fingerprint density at radius 2 is 1.59 bits per heavy atom. The minimum atomic E-state index is 0.530. The van der Waals surface area contributed by atoms with Gasteiger partial charge in [-0.15, -0.1) is 0 Å². The molecule has 1 heterocycles. The van der Waals surface area contributed by atoms with Gasteiger partial charge in [0.1, 0.15) is 0 Å². The summed E-state index contributed by atoms with van der Waals surface area (Å²) in [5, 5.41) is 0. The molecule has 1 aliphatic heterocycles. The minimum absolute atomic E-state index is 0.530. The van der Waals surface area contributed by atoms with Crippen molar-refractivity contribution in [2.24, 2.45) is 5.92 Å². The number of hydrogen-bond donors (Lipinski definition) is 0. The highest BCUT2D eigenvalue weighted by Crippen LogP contribution is 2.39. The Morgan fingerprint density at radius 3 is 2.12 bits per heavy atom. The molecule has 17 heavy (non-hydrogen) atoms. The van der Waals surface area contributed by atoms with E-state index in [4.69, 9.17) is 4.74 Å². The molecule has 100 valence electrons. The minimum Gasteiger partial charge on any atom is -0.368 e. The van der Waals surface area contributed by atoms with Crippen molar-refractivity contribution >= 4 is 0 Å². The lowest BCUT2D eigenvalue weighted by Crippen LogP contribution is -2.40. The van der Waals surface area contributed by atoms with Crippen LogP contribution in [0.5, 0.6) is 0 Å². The van der Waals surface area contributed by atoms with Crippen LogP contribution in [0.15, 0.2) is 0 Å². The summed E-state index contributed by atoms with van der Waals surface area (Å²) in [6, 6.07) is 1.26. The van der Waals surface area contributed by atoms with E-state index >= 15 is 0 Å². The quantitative estimate of drug-likeness (QED) is 0.683. The van der Waals surface area contributed by atoms with Gasteiger partial charge in [-0.3, -0.25) is 4.90 Å². The van der Waals surface area contributed by atoms with Gasteiger partial charge in [0.25, 0.3) is 0 Å². The molecule has 0 amide bonds. The van der Waals surface area contributed by atoms with E-state index in [0.29, 0.717) is 24.3 Å². The second-order valence-corrected chi connectivity index (χ2v) is 6.42. The fraction of sp³-hybridized carbons (Fsp3) is 1.00. The van der Waals surface area contributed by atoms with Gasteiger partial charge in [-0.05, 0) is 46.5 Å². The average Bonchev–Trinajstić information content (AvgIpc) is 3.05. The van der Waals surface area contributed by atoms with Crippen LogP contribution in [0.1, 0.15) is 59.8 Å². The molecule has 0 aromatic carbocycles. The van der Waals surface area contributed by atoms with E-state index in [-0.39, 0.29) is 0 Å². The first-order valence-corrected chi connectivity index (χ1v) is 7.50. The summed E-state index contributed by atoms with van der Waals surface area (Å²) in [7, 11) is 0. The summed E-state index contributed by atoms with van der Waals surface area (Å²) in [5.74, 6) is 0.870. The summed E-state index contributed by atoms with van der Waals surface area (Å²) >= 11 is 0. The smallest absolute Gasteiger partial charge is 0.0971 e. The molecule has 2 aliphatic rings. The predicted molar refractivity (Wildman–Crippen MR) is 72.2 cm³/mol. The largest absolute Gasteiger partial charge is 0.368 e. The molecule has 1 saturated carbocycles. The zero-order valence-electron chi connectivity index (χ0n) is 12.0. The van der Waals surface area contributed by atoms with Crippen LogP contribution in [-0.4, -0.2) is 35.7 Å². The van der Waals surface area contributed by atoms with Crippen molar-refractivity contribution in [2.45, 2.75) is 84.1 Å². The highest BCUT2D eigenvalue weighted by atomic mass is 16.6. The van der Waals surface area contributed by atoms with Gasteiger partial charge in [0, 0.05) is 18.6 Å². The van der Waals surface area contributed by atoms with Crippen LogP contribution in [0.4, 0.5) is 0 Å². The number of epoxide rings is 1. The number of ether oxygens (including phenoxy) is 1. The fourth-order valence-electron chi connectivity index (χ4n) is 3.41. The summed E-state index contributed by atoms with van der Waals surface area (Å²) in [6.45, 7) is 10.3. The van der Waals surface area contributed by atoms with Crippen LogP contribution in [0.3, 0.4) is 0 Å². The maximum absolute atomic E-state index is 5.95. The number of rotatable bonds is 5. The lowest BCUT2D eigenvalue weighted by molar-refractivity contribution is 0.158. The summed E-state index contributed by atoms with van der Waals surface area (Å²) in [4.78, 5) is 2.56. The van der Waals surface area contributed by atoms with E-state index in [2.05, 4.69) is 32.6 Å². The monoisotopic (exact) mass is 239 g/mol. The molecule has 2 fully saturated rings. The molecule has 2 nitrogen and oxygen atoms in total. The fourth-order valence-corrected chi connectivity index (χ4v) is 3.41. The van der Waals surface area contributed by atoms with Gasteiger partial charge in [-0.25, -0.2) is 0 Å². The summed E-state index contributed by atoms with van der Waals surface area (Å²) in [5.41, 5.74) is 0. The highest BCUT2D eigenvalue weighted by molar-refractivity contribution is 4.94. The average molecular weight is 239 g/mol. The molecule has 2 atom stereocenters. The third-order valence-electron chi connectivity index (χ3n) is 4.45. The Hall–Kier alpha value is -0.0800. The van der Waals surface area contributed by atoms with Gasteiger partial charge >= 0.3 is 0 Å². The Labute approximate surface area is 107 Å². The molecule has 0 unspecified atom stereocenters. The standard InChI is InChI=1S/C15H29NO/c1-11(2)16(12(3)4)10-14-15(17-14)13-8-6-5-7-9-13/h11-15H,5-10H2,1-4H3/t14-,15-/m1/s1. The van der Waals surface area contributed by atoms with Crippen molar-refractivity contribution in [3.8, 4) is 0 Å². The van der Waals surface area contributed by atoms with Gasteiger partial charge in [0.2, 0.25) is 0 Å². The molecule has 2 rings (SSSR count). The second kappa shape index (κ2) is 5.71. The van der Waals surface area contributed by atoms with Crippen LogP contribution in [0, 0.1) is 5.92 Å². The zero-order chi connectivity index (χ0) is 12.4. The third kappa shape index (κ3) is 3.45. The molecule has 0 N–H and O–H groups in total. The van der Waals surface area contributed by atoms with E-state index in [9.17, 15) is 0 Å². The summed E-state index contributed by atoms with van der Waals surface area (Å²) < 4.78 is 5.95. The van der Waals surface area contributed by atoms with E-state index in [1.807, 2.05) is 0 Å². The van der Waals surface area contributed by atoms with Gasteiger partial charge in [-0.2, -0.15) is 0 Å². The first-order chi connectivity index (χ1) is 8.09. The van der Waals surface area contributed by atoms with Crippen LogP contribution in [0.2, 0.25) is 0 Å². The van der Waals surface area contributed by atoms with Crippen molar-refractivity contribution in [1.29, 1.82) is 0 Å². The van der Waals surface area contributed by atoms with Gasteiger partial charge in [0.15, 0.2) is 0 Å². The second-order valence-electron chi connectivity index (χ2n) is 6.42. The van der Waals surface area contributed by atoms with E-state index < -0.39 is 0 Å². The van der Waals surface area contributed by atoms with Crippen LogP contribution in [0.25, 0.3) is 0 Å². The molecular formula is C15H29NO. The SMILES string of the molecule is CC(C)N(C[C@H]1O[C@@H]1C1CCCCC1)C(C)C. The lowest BCUT2D eigenvalue weighted by atomic mass is 9.86. The van der Waals surface area contributed by atoms with Crippen molar-refractivity contribution in [1.82, 2.24) is 4.90 Å². The van der Waals surface area contributed by atoms with E-state index in [0.717, 1.165) is 12.5 Å². The number of nitrogens with zero attached hydrogens (tertiary/aromatic N) is 1. The molecular weight excluding hydrogens is 210 g/mol. The molecule has 0 aromatic rings. The van der Waals surface area contributed by atoms with Crippen LogP contribution < -0.4 is 0 Å². The topological polar surface area (TPSA) is 15.8 Å². The maximum Gasteiger partial charge on any atom is 0.0971 e. The summed E-state index contributed by atoms with van der Waals surface area (Å²) in [6.07, 6.45) is 8.23. The molecule has 0 bridgehead atoms. The van der Waals surface area contributed by atoms with E-state index in [1.54, 1.807) is 0 Å². The van der Waals surface area contributed by atoms with Crippen molar-refractivity contribution in [3.05, 3.63) is 0 Å². The first-order valence-electron chi connectivity index (χ1n) is 7.50. The third-order valence-corrected chi connectivity index (χ3v) is 4.45.